The lowest BCUT2D eigenvalue weighted by atomic mass is 10.0. The van der Waals surface area contributed by atoms with Crippen molar-refractivity contribution in [3.63, 3.8) is 0 Å². The average Bonchev–Trinajstić information content (AvgIpc) is 2.30. The third-order valence-electron chi connectivity index (χ3n) is 2.66. The molecular weight excluding hydrogens is 218 g/mol. The maximum absolute atomic E-state index is 11.7. The maximum atomic E-state index is 11.7. The number of esters is 1. The molecule has 4 heteroatoms. The van der Waals surface area contributed by atoms with Gasteiger partial charge >= 0.3 is 5.97 Å². The van der Waals surface area contributed by atoms with Gasteiger partial charge < -0.3 is 10.5 Å². The van der Waals surface area contributed by atoms with Crippen LogP contribution in [0.15, 0.2) is 24.3 Å². The van der Waals surface area contributed by atoms with Crippen LogP contribution in [-0.4, -0.2) is 11.9 Å². The molecule has 1 amide bonds. The number of hydrogen-bond acceptors (Lipinski definition) is 3. The largest absolute Gasteiger partial charge is 0.426 e. The van der Waals surface area contributed by atoms with Gasteiger partial charge in [-0.15, -0.1) is 0 Å². The third-order valence-corrected chi connectivity index (χ3v) is 2.66. The Morgan fingerprint density at radius 3 is 2.47 bits per heavy atom. The molecule has 1 rings (SSSR count). The number of rotatable bonds is 5. The number of amides is 1. The van der Waals surface area contributed by atoms with Gasteiger partial charge in [-0.3, -0.25) is 9.59 Å². The Morgan fingerprint density at radius 1 is 1.29 bits per heavy atom. The van der Waals surface area contributed by atoms with E-state index in [2.05, 4.69) is 0 Å². The van der Waals surface area contributed by atoms with Crippen LogP contribution in [0.3, 0.4) is 0 Å². The molecule has 17 heavy (non-hydrogen) atoms. The summed E-state index contributed by atoms with van der Waals surface area (Å²) >= 11 is 0. The second-order valence-electron chi connectivity index (χ2n) is 3.83. The van der Waals surface area contributed by atoms with E-state index in [1.54, 1.807) is 18.2 Å². The standard InChI is InChI=1S/C13H17NO3/c1-3-9(4-2)13(16)17-11-7-5-6-10(8-11)12(14)15/h5-9H,3-4H2,1-2H3,(H2,14,15). The van der Waals surface area contributed by atoms with Crippen molar-refractivity contribution in [1.29, 1.82) is 0 Å². The van der Waals surface area contributed by atoms with Gasteiger partial charge in [0.25, 0.3) is 0 Å². The Bertz CT molecular complexity index is 411. The summed E-state index contributed by atoms with van der Waals surface area (Å²) in [5.74, 6) is -0.549. The number of ether oxygens (including phenoxy) is 1. The van der Waals surface area contributed by atoms with Gasteiger partial charge in [0, 0.05) is 5.56 Å². The highest BCUT2D eigenvalue weighted by Gasteiger charge is 2.16. The zero-order chi connectivity index (χ0) is 12.8. The Kier molecular flexibility index (Phi) is 4.69. The van der Waals surface area contributed by atoms with Crippen LogP contribution in [0, 0.1) is 5.92 Å². The minimum absolute atomic E-state index is 0.104. The summed E-state index contributed by atoms with van der Waals surface area (Å²) in [6.45, 7) is 3.88. The fraction of sp³-hybridized carbons (Fsp3) is 0.385. The highest BCUT2D eigenvalue weighted by Crippen LogP contribution is 2.17. The van der Waals surface area contributed by atoms with Crippen LogP contribution in [0.25, 0.3) is 0 Å². The molecule has 2 N–H and O–H groups in total. The molecule has 1 aromatic carbocycles. The van der Waals surface area contributed by atoms with Gasteiger partial charge in [-0.2, -0.15) is 0 Å². The van der Waals surface area contributed by atoms with Gasteiger partial charge in [-0.25, -0.2) is 0 Å². The molecule has 0 spiro atoms. The number of hydrogen-bond donors (Lipinski definition) is 1. The van der Waals surface area contributed by atoms with E-state index in [0.717, 1.165) is 12.8 Å². The minimum atomic E-state index is -0.537. The quantitative estimate of drug-likeness (QED) is 0.627. The van der Waals surface area contributed by atoms with Crippen LogP contribution in [0.1, 0.15) is 37.0 Å². The molecule has 0 aliphatic rings. The van der Waals surface area contributed by atoms with Crippen molar-refractivity contribution in [2.45, 2.75) is 26.7 Å². The van der Waals surface area contributed by atoms with E-state index >= 15 is 0 Å². The van der Waals surface area contributed by atoms with E-state index in [9.17, 15) is 9.59 Å². The fourth-order valence-electron chi connectivity index (χ4n) is 1.53. The van der Waals surface area contributed by atoms with Gasteiger partial charge in [0.2, 0.25) is 5.91 Å². The summed E-state index contributed by atoms with van der Waals surface area (Å²) in [4.78, 5) is 22.7. The van der Waals surface area contributed by atoms with E-state index in [1.165, 1.54) is 6.07 Å². The zero-order valence-corrected chi connectivity index (χ0v) is 10.1. The predicted octanol–water partition coefficient (Wildman–Crippen LogP) is 2.13. The van der Waals surface area contributed by atoms with Crippen LogP contribution >= 0.6 is 0 Å². The first-order valence-corrected chi connectivity index (χ1v) is 5.70. The first-order valence-electron chi connectivity index (χ1n) is 5.70. The lowest BCUT2D eigenvalue weighted by Crippen LogP contribution is -2.19. The highest BCUT2D eigenvalue weighted by molar-refractivity contribution is 5.93. The summed E-state index contributed by atoms with van der Waals surface area (Å²) in [6.07, 6.45) is 1.48. The van der Waals surface area contributed by atoms with Crippen LogP contribution in [0.4, 0.5) is 0 Å². The maximum Gasteiger partial charge on any atom is 0.314 e. The van der Waals surface area contributed by atoms with E-state index in [0.29, 0.717) is 11.3 Å². The number of nitrogens with two attached hydrogens (primary N) is 1. The molecule has 0 fully saturated rings. The predicted molar refractivity (Wildman–Crippen MR) is 64.7 cm³/mol. The van der Waals surface area contributed by atoms with Gasteiger partial charge in [-0.05, 0) is 31.0 Å². The minimum Gasteiger partial charge on any atom is -0.426 e. The van der Waals surface area contributed by atoms with Crippen molar-refractivity contribution in [2.75, 3.05) is 0 Å². The molecule has 0 aliphatic heterocycles. The van der Waals surface area contributed by atoms with Crippen molar-refractivity contribution in [3.05, 3.63) is 29.8 Å². The Balaban J connectivity index is 2.78. The monoisotopic (exact) mass is 235 g/mol. The van der Waals surface area contributed by atoms with Crippen molar-refractivity contribution in [2.24, 2.45) is 11.7 Å². The summed E-state index contributed by atoms with van der Waals surface area (Å²) in [7, 11) is 0. The molecule has 1 aromatic rings. The molecule has 92 valence electrons. The molecule has 0 radical (unpaired) electrons. The van der Waals surface area contributed by atoms with Crippen molar-refractivity contribution in [3.8, 4) is 5.75 Å². The molecule has 0 heterocycles. The number of carbonyl (C=O) groups excluding carboxylic acids is 2. The Hall–Kier alpha value is -1.84. The normalized spacial score (nSPS) is 10.3. The van der Waals surface area contributed by atoms with Gasteiger partial charge in [0.05, 0.1) is 5.92 Å². The third kappa shape index (κ3) is 3.59. The van der Waals surface area contributed by atoms with E-state index < -0.39 is 5.91 Å². The van der Waals surface area contributed by atoms with Crippen molar-refractivity contribution >= 4 is 11.9 Å². The van der Waals surface area contributed by atoms with Gasteiger partial charge in [-0.1, -0.05) is 19.9 Å². The molecule has 0 aliphatic carbocycles. The number of carbonyl (C=O) groups is 2. The van der Waals surface area contributed by atoms with Crippen molar-refractivity contribution < 1.29 is 14.3 Å². The van der Waals surface area contributed by atoms with Crippen LogP contribution < -0.4 is 10.5 Å². The van der Waals surface area contributed by atoms with Crippen LogP contribution in [0.2, 0.25) is 0 Å². The lowest BCUT2D eigenvalue weighted by molar-refractivity contribution is -0.139. The number of benzene rings is 1. The average molecular weight is 235 g/mol. The number of primary amides is 1. The molecule has 0 atom stereocenters. The first-order chi connectivity index (χ1) is 8.08. The Labute approximate surface area is 101 Å². The van der Waals surface area contributed by atoms with Gasteiger partial charge in [0.15, 0.2) is 0 Å². The molecule has 0 bridgehead atoms. The first kappa shape index (κ1) is 13.2. The van der Waals surface area contributed by atoms with E-state index in [-0.39, 0.29) is 11.9 Å². The van der Waals surface area contributed by atoms with E-state index in [1.807, 2.05) is 13.8 Å². The Morgan fingerprint density at radius 2 is 1.94 bits per heavy atom. The van der Waals surface area contributed by atoms with E-state index in [4.69, 9.17) is 10.5 Å². The summed E-state index contributed by atoms with van der Waals surface area (Å²) < 4.78 is 5.20. The zero-order valence-electron chi connectivity index (χ0n) is 10.1. The molecule has 0 aromatic heterocycles. The summed E-state index contributed by atoms with van der Waals surface area (Å²) in [6, 6.07) is 6.32. The topological polar surface area (TPSA) is 69.4 Å². The second-order valence-corrected chi connectivity index (χ2v) is 3.83. The van der Waals surface area contributed by atoms with Crippen LogP contribution in [-0.2, 0) is 4.79 Å². The summed E-state index contributed by atoms with van der Waals surface area (Å²) in [5.41, 5.74) is 5.48. The van der Waals surface area contributed by atoms with Crippen molar-refractivity contribution in [1.82, 2.24) is 0 Å². The van der Waals surface area contributed by atoms with Gasteiger partial charge in [0.1, 0.15) is 5.75 Å². The highest BCUT2D eigenvalue weighted by atomic mass is 16.5. The lowest BCUT2D eigenvalue weighted by Gasteiger charge is -2.11. The molecule has 0 saturated carbocycles. The van der Waals surface area contributed by atoms with Crippen LogP contribution in [0.5, 0.6) is 5.75 Å². The SMILES string of the molecule is CCC(CC)C(=O)Oc1cccc(C(N)=O)c1. The molecule has 0 saturated heterocycles. The fourth-order valence-corrected chi connectivity index (χ4v) is 1.53. The smallest absolute Gasteiger partial charge is 0.314 e. The molecular formula is C13H17NO3. The molecule has 0 unspecified atom stereocenters. The summed E-state index contributed by atoms with van der Waals surface area (Å²) in [5, 5.41) is 0. The molecule has 4 nitrogen and oxygen atoms in total. The second kappa shape index (κ2) is 6.03.